The van der Waals surface area contributed by atoms with Gasteiger partial charge < -0.3 is 5.32 Å². The van der Waals surface area contributed by atoms with Crippen molar-refractivity contribution in [2.75, 3.05) is 0 Å². The molecule has 0 aliphatic rings. The second-order valence-corrected chi connectivity index (χ2v) is 8.36. The van der Waals surface area contributed by atoms with Crippen LogP contribution in [0.15, 0.2) is 88.8 Å². The van der Waals surface area contributed by atoms with Crippen molar-refractivity contribution in [3.63, 3.8) is 0 Å². The zero-order chi connectivity index (χ0) is 20.1. The number of amides is 1. The molecule has 0 aromatic heterocycles. The van der Waals surface area contributed by atoms with Crippen molar-refractivity contribution in [2.24, 2.45) is 0 Å². The van der Waals surface area contributed by atoms with Crippen molar-refractivity contribution in [1.82, 2.24) is 5.32 Å². The predicted octanol–water partition coefficient (Wildman–Crippen LogP) is 4.57. The van der Waals surface area contributed by atoms with Gasteiger partial charge in [0.05, 0.1) is 4.90 Å². The molecule has 142 valence electrons. The van der Waals surface area contributed by atoms with E-state index in [1.54, 1.807) is 31.2 Å². The third-order valence-corrected chi connectivity index (χ3v) is 6.41. The molecule has 4 nitrogen and oxygen atoms in total. The van der Waals surface area contributed by atoms with Crippen molar-refractivity contribution in [1.29, 1.82) is 0 Å². The lowest BCUT2D eigenvalue weighted by atomic mass is 10.0. The maximum atomic E-state index is 13.1. The largest absolute Gasteiger partial charge is 0.319 e. The van der Waals surface area contributed by atoms with Crippen LogP contribution in [0.3, 0.4) is 0 Å². The van der Waals surface area contributed by atoms with Crippen molar-refractivity contribution >= 4 is 21.8 Å². The molecule has 1 amide bonds. The van der Waals surface area contributed by atoms with Gasteiger partial charge in [-0.2, -0.15) is 0 Å². The quantitative estimate of drug-likeness (QED) is 0.626. The maximum Gasteiger partial charge on any atom is 0.222 e. The number of aryl methyl sites for hydroxylation is 1. The van der Waals surface area contributed by atoms with Crippen LogP contribution in [0, 0.1) is 6.92 Å². The number of hydrogen-bond acceptors (Lipinski definition) is 3. The number of carbonyl (C=O) groups excluding carboxylic acids is 1. The van der Waals surface area contributed by atoms with E-state index in [0.29, 0.717) is 12.0 Å². The first kappa shape index (κ1) is 19.6. The van der Waals surface area contributed by atoms with E-state index < -0.39 is 9.84 Å². The van der Waals surface area contributed by atoms with Crippen LogP contribution in [0.25, 0.3) is 16.7 Å². The second kappa shape index (κ2) is 8.23. The van der Waals surface area contributed by atoms with E-state index >= 15 is 0 Å². The maximum absolute atomic E-state index is 13.1. The number of rotatable bonds is 6. The van der Waals surface area contributed by atoms with E-state index in [1.807, 2.05) is 61.5 Å². The Kier molecular flexibility index (Phi) is 5.76. The van der Waals surface area contributed by atoms with Crippen LogP contribution in [0.4, 0.5) is 0 Å². The minimum Gasteiger partial charge on any atom is -0.319 e. The molecule has 3 aromatic rings. The average molecular weight is 391 g/mol. The van der Waals surface area contributed by atoms with Crippen LogP contribution in [-0.2, 0) is 14.6 Å². The Hall–Kier alpha value is -3.18. The summed E-state index contributed by atoms with van der Waals surface area (Å²) in [6.45, 7) is 3.57. The van der Waals surface area contributed by atoms with E-state index in [2.05, 4.69) is 5.32 Å². The van der Waals surface area contributed by atoms with Gasteiger partial charge in [0.2, 0.25) is 16.2 Å². The van der Waals surface area contributed by atoms with Crippen LogP contribution >= 0.6 is 0 Å². The van der Waals surface area contributed by atoms with Gasteiger partial charge in [0.15, 0.2) is 0 Å². The smallest absolute Gasteiger partial charge is 0.222 e. The molecule has 0 atom stereocenters. The Morgan fingerprint density at radius 2 is 1.39 bits per heavy atom. The molecule has 3 rings (SSSR count). The minimum atomic E-state index is -3.85. The molecule has 28 heavy (non-hydrogen) atoms. The number of sulfone groups is 1. The summed E-state index contributed by atoms with van der Waals surface area (Å²) in [5.74, 6) is 0. The Morgan fingerprint density at radius 3 is 1.96 bits per heavy atom. The zero-order valence-corrected chi connectivity index (χ0v) is 16.5. The summed E-state index contributed by atoms with van der Waals surface area (Å²) in [6.07, 6.45) is 0.392. The summed E-state index contributed by atoms with van der Waals surface area (Å²) in [4.78, 5) is 11.3. The molecule has 0 aliphatic carbocycles. The Balaban J connectivity index is 2.04. The van der Waals surface area contributed by atoms with Gasteiger partial charge in [-0.3, -0.25) is 4.79 Å². The van der Waals surface area contributed by atoms with E-state index in [-0.39, 0.29) is 9.92 Å². The second-order valence-electron chi connectivity index (χ2n) is 6.48. The molecular weight excluding hydrogens is 370 g/mol. The zero-order valence-electron chi connectivity index (χ0n) is 15.7. The van der Waals surface area contributed by atoms with Crippen LogP contribution in [0.1, 0.15) is 18.1 Å². The Bertz CT molecular complexity index is 1100. The van der Waals surface area contributed by atoms with Gasteiger partial charge in [0.1, 0.15) is 5.03 Å². The molecule has 0 spiro atoms. The van der Waals surface area contributed by atoms with Crippen molar-refractivity contribution in [2.45, 2.75) is 18.7 Å². The summed E-state index contributed by atoms with van der Waals surface area (Å²) in [5.41, 5.74) is 4.27. The highest BCUT2D eigenvalue weighted by Crippen LogP contribution is 2.27. The molecule has 5 heteroatoms. The van der Waals surface area contributed by atoms with E-state index in [1.165, 1.54) is 0 Å². The van der Waals surface area contributed by atoms with Crippen molar-refractivity contribution in [3.8, 4) is 11.1 Å². The monoisotopic (exact) mass is 391 g/mol. The van der Waals surface area contributed by atoms with Gasteiger partial charge in [-0.1, -0.05) is 72.3 Å². The molecule has 0 radical (unpaired) electrons. The van der Waals surface area contributed by atoms with E-state index in [9.17, 15) is 13.2 Å². The number of allylic oxidation sites excluding steroid dienone is 1. The summed E-state index contributed by atoms with van der Waals surface area (Å²) >= 11 is 0. The average Bonchev–Trinajstić information content (AvgIpc) is 2.72. The van der Waals surface area contributed by atoms with Gasteiger partial charge in [0.25, 0.3) is 0 Å². The first-order chi connectivity index (χ1) is 13.4. The first-order valence-corrected chi connectivity index (χ1v) is 10.3. The third kappa shape index (κ3) is 4.05. The summed E-state index contributed by atoms with van der Waals surface area (Å²) in [5, 5.41) is 2.28. The van der Waals surface area contributed by atoms with E-state index in [4.69, 9.17) is 0 Å². The van der Waals surface area contributed by atoms with E-state index in [0.717, 1.165) is 22.3 Å². The number of carbonyl (C=O) groups is 1. The summed E-state index contributed by atoms with van der Waals surface area (Å²) in [6, 6.07) is 24.1. The van der Waals surface area contributed by atoms with Crippen LogP contribution in [0.5, 0.6) is 0 Å². The lowest BCUT2D eigenvalue weighted by Gasteiger charge is -2.13. The van der Waals surface area contributed by atoms with Crippen molar-refractivity contribution < 1.29 is 13.2 Å². The van der Waals surface area contributed by atoms with Crippen LogP contribution < -0.4 is 5.32 Å². The topological polar surface area (TPSA) is 63.2 Å². The van der Waals surface area contributed by atoms with Gasteiger partial charge in [-0.15, -0.1) is 0 Å². The number of nitrogens with one attached hydrogen (secondary N) is 1. The fourth-order valence-corrected chi connectivity index (χ4v) is 4.40. The molecule has 0 unspecified atom stereocenters. The number of hydrogen-bond donors (Lipinski definition) is 1. The van der Waals surface area contributed by atoms with Crippen LogP contribution in [0.2, 0.25) is 0 Å². The lowest BCUT2D eigenvalue weighted by Crippen LogP contribution is -2.21. The molecule has 0 aliphatic heterocycles. The highest BCUT2D eigenvalue weighted by Gasteiger charge is 2.23. The summed E-state index contributed by atoms with van der Waals surface area (Å²) in [7, 11) is -3.85. The van der Waals surface area contributed by atoms with Gasteiger partial charge in [-0.25, -0.2) is 8.42 Å². The first-order valence-electron chi connectivity index (χ1n) is 8.82. The predicted molar refractivity (Wildman–Crippen MR) is 112 cm³/mol. The van der Waals surface area contributed by atoms with Gasteiger partial charge in [0, 0.05) is 0 Å². The highest BCUT2D eigenvalue weighted by atomic mass is 32.2. The molecular formula is C23H21NO3S. The number of benzene rings is 3. The Morgan fingerprint density at radius 1 is 0.821 bits per heavy atom. The molecule has 0 fully saturated rings. The Labute approximate surface area is 165 Å². The van der Waals surface area contributed by atoms with Gasteiger partial charge in [-0.05, 0) is 48.2 Å². The standard InChI is InChI=1S/C23H21NO3S/c1-17-8-14-22(15-9-17)28(26,27)23(24-16-25)18(2)19-10-12-21(13-11-19)20-6-4-3-5-7-20/h3-16H,1-2H3,(H,24,25). The third-order valence-electron chi connectivity index (χ3n) is 4.56. The molecule has 0 bridgehead atoms. The fraction of sp³-hybridized carbons (Fsp3) is 0.0870. The molecule has 1 N–H and O–H groups in total. The molecule has 0 heterocycles. The highest BCUT2D eigenvalue weighted by molar-refractivity contribution is 7.95. The summed E-state index contributed by atoms with van der Waals surface area (Å²) < 4.78 is 26.1. The molecule has 0 saturated carbocycles. The van der Waals surface area contributed by atoms with Gasteiger partial charge >= 0.3 is 0 Å². The minimum absolute atomic E-state index is 0.112. The fourth-order valence-electron chi connectivity index (χ4n) is 2.95. The molecule has 3 aromatic carbocycles. The molecule has 0 saturated heterocycles. The lowest BCUT2D eigenvalue weighted by molar-refractivity contribution is -0.108. The van der Waals surface area contributed by atoms with Crippen molar-refractivity contribution in [3.05, 3.63) is 95.0 Å². The van der Waals surface area contributed by atoms with Crippen LogP contribution in [-0.4, -0.2) is 14.8 Å². The normalized spacial score (nSPS) is 12.2. The SMILES string of the molecule is CC(=C(NC=O)S(=O)(=O)c1ccc(C)cc1)c1ccc(-c2ccccc2)cc1.